The lowest BCUT2D eigenvalue weighted by molar-refractivity contribution is -0.120. The molecule has 1 aromatic heterocycles. The second-order valence-electron chi connectivity index (χ2n) is 6.98. The Balaban J connectivity index is 1.77. The van der Waals surface area contributed by atoms with Gasteiger partial charge in [0.1, 0.15) is 11.5 Å². The van der Waals surface area contributed by atoms with Crippen LogP contribution in [0.25, 0.3) is 0 Å². The van der Waals surface area contributed by atoms with Crippen LogP contribution >= 0.6 is 0 Å². The number of carbonyl (C=O) groups excluding carboxylic acids is 1. The summed E-state index contributed by atoms with van der Waals surface area (Å²) in [5.41, 5.74) is 7.66. The molecular weight excluding hydrogens is 290 g/mol. The van der Waals surface area contributed by atoms with E-state index >= 15 is 0 Å². The molecule has 0 bridgehead atoms. The van der Waals surface area contributed by atoms with Crippen LogP contribution < -0.4 is 10.6 Å². The van der Waals surface area contributed by atoms with E-state index < -0.39 is 0 Å². The van der Waals surface area contributed by atoms with Crippen LogP contribution in [-0.4, -0.2) is 40.7 Å². The molecule has 6 nitrogen and oxygen atoms in total. The first-order valence-electron chi connectivity index (χ1n) is 8.92. The summed E-state index contributed by atoms with van der Waals surface area (Å²) in [5, 5.41) is 0. The Bertz CT molecular complexity index is 643. The number of carbonyl (C=O) groups is 1. The molecule has 1 amide bonds. The maximum atomic E-state index is 12.9. The molecule has 3 aliphatic rings. The van der Waals surface area contributed by atoms with Gasteiger partial charge in [0.15, 0.2) is 5.82 Å². The number of aliphatic imine (C=N–C) groups is 1. The minimum Gasteiger partial charge on any atom is -0.339 e. The molecule has 2 atom stereocenters. The zero-order valence-corrected chi connectivity index (χ0v) is 13.7. The standard InChI is InChI=1S/C17H25N5O/c1-2-7-22-16-14(20-15(21-16)10-5-3-4-6-10)13-12(17(22)23)8-11(9-18)19-13/h10-12H,2-9,18H2,1H3,(H,20,21). The van der Waals surface area contributed by atoms with E-state index in [2.05, 4.69) is 11.9 Å². The summed E-state index contributed by atoms with van der Waals surface area (Å²) < 4.78 is 0. The van der Waals surface area contributed by atoms with E-state index in [0.717, 1.165) is 42.4 Å². The predicted octanol–water partition coefficient (Wildman–Crippen LogP) is 1.96. The van der Waals surface area contributed by atoms with Gasteiger partial charge in [0.05, 0.1) is 17.7 Å². The number of rotatable bonds is 4. The molecule has 0 radical (unpaired) electrons. The molecule has 124 valence electrons. The molecule has 2 aliphatic heterocycles. The summed E-state index contributed by atoms with van der Waals surface area (Å²) in [6.45, 7) is 3.32. The van der Waals surface area contributed by atoms with Crippen molar-refractivity contribution in [3.05, 3.63) is 11.5 Å². The van der Waals surface area contributed by atoms with Gasteiger partial charge in [0.25, 0.3) is 0 Å². The maximum absolute atomic E-state index is 12.9. The number of hydrogen-bond acceptors (Lipinski definition) is 4. The van der Waals surface area contributed by atoms with Gasteiger partial charge in [0, 0.05) is 19.0 Å². The van der Waals surface area contributed by atoms with E-state index in [9.17, 15) is 4.79 Å². The summed E-state index contributed by atoms with van der Waals surface area (Å²) in [5.74, 6) is 2.36. The number of H-pyrrole nitrogens is 1. The molecule has 2 unspecified atom stereocenters. The van der Waals surface area contributed by atoms with Crippen molar-refractivity contribution < 1.29 is 4.79 Å². The molecule has 4 rings (SSSR count). The molecule has 0 saturated heterocycles. The highest BCUT2D eigenvalue weighted by Crippen LogP contribution is 2.39. The third-order valence-corrected chi connectivity index (χ3v) is 5.40. The van der Waals surface area contributed by atoms with Crippen molar-refractivity contribution >= 4 is 17.4 Å². The topological polar surface area (TPSA) is 87.4 Å². The van der Waals surface area contributed by atoms with Crippen molar-refractivity contribution in [1.29, 1.82) is 0 Å². The van der Waals surface area contributed by atoms with Crippen LogP contribution in [0.4, 0.5) is 5.82 Å². The van der Waals surface area contributed by atoms with Crippen molar-refractivity contribution in [2.75, 3.05) is 18.0 Å². The molecule has 0 aromatic carbocycles. The minimum absolute atomic E-state index is 0.0617. The second kappa shape index (κ2) is 5.74. The Hall–Kier alpha value is -1.69. The number of nitrogens with one attached hydrogen (secondary N) is 1. The van der Waals surface area contributed by atoms with Crippen molar-refractivity contribution in [3.63, 3.8) is 0 Å². The predicted molar refractivity (Wildman–Crippen MR) is 89.9 cm³/mol. The molecule has 1 aromatic rings. The van der Waals surface area contributed by atoms with Gasteiger partial charge >= 0.3 is 0 Å². The molecule has 1 fully saturated rings. The SMILES string of the molecule is CCCN1C(=O)C2CC(CN)N=C2c2[nH]c(C3CCCC3)nc21. The first kappa shape index (κ1) is 14.9. The number of nitrogens with two attached hydrogens (primary N) is 1. The summed E-state index contributed by atoms with van der Waals surface area (Å²) in [4.78, 5) is 27.9. The van der Waals surface area contributed by atoms with Crippen LogP contribution in [0, 0.1) is 5.92 Å². The van der Waals surface area contributed by atoms with Gasteiger partial charge in [-0.05, 0) is 25.7 Å². The maximum Gasteiger partial charge on any atom is 0.237 e. The average molecular weight is 315 g/mol. The van der Waals surface area contributed by atoms with E-state index in [-0.39, 0.29) is 17.9 Å². The number of fused-ring (bicyclic) bond motifs is 3. The number of aromatic amines is 1. The normalized spacial score (nSPS) is 27.3. The van der Waals surface area contributed by atoms with E-state index in [1.807, 2.05) is 4.90 Å². The molecule has 23 heavy (non-hydrogen) atoms. The zero-order valence-electron chi connectivity index (χ0n) is 13.7. The quantitative estimate of drug-likeness (QED) is 0.890. The van der Waals surface area contributed by atoms with E-state index in [0.29, 0.717) is 12.5 Å². The van der Waals surface area contributed by atoms with E-state index in [4.69, 9.17) is 15.7 Å². The molecule has 1 aliphatic carbocycles. The Morgan fingerprint density at radius 1 is 1.35 bits per heavy atom. The fraction of sp³-hybridized carbons (Fsp3) is 0.706. The van der Waals surface area contributed by atoms with Crippen LogP contribution in [0.5, 0.6) is 0 Å². The Morgan fingerprint density at radius 3 is 2.83 bits per heavy atom. The lowest BCUT2D eigenvalue weighted by Crippen LogP contribution is -2.44. The number of amides is 1. The Labute approximate surface area is 136 Å². The highest BCUT2D eigenvalue weighted by Gasteiger charge is 2.44. The zero-order chi connectivity index (χ0) is 16.0. The van der Waals surface area contributed by atoms with Gasteiger partial charge in [0.2, 0.25) is 5.91 Å². The first-order chi connectivity index (χ1) is 11.2. The van der Waals surface area contributed by atoms with Crippen molar-refractivity contribution in [1.82, 2.24) is 9.97 Å². The summed E-state index contributed by atoms with van der Waals surface area (Å²) in [7, 11) is 0. The van der Waals surface area contributed by atoms with Gasteiger partial charge < -0.3 is 10.7 Å². The molecule has 3 heterocycles. The molecule has 0 spiro atoms. The van der Waals surface area contributed by atoms with E-state index in [1.165, 1.54) is 25.7 Å². The average Bonchev–Trinajstić information content (AvgIpc) is 3.28. The largest absolute Gasteiger partial charge is 0.339 e. The van der Waals surface area contributed by atoms with Gasteiger partial charge in [-0.1, -0.05) is 19.8 Å². The smallest absolute Gasteiger partial charge is 0.237 e. The molecule has 6 heteroatoms. The van der Waals surface area contributed by atoms with Gasteiger partial charge in [-0.25, -0.2) is 4.98 Å². The highest BCUT2D eigenvalue weighted by molar-refractivity contribution is 6.23. The Morgan fingerprint density at radius 2 is 2.13 bits per heavy atom. The molecular formula is C17H25N5O. The Kier molecular flexibility index (Phi) is 3.71. The van der Waals surface area contributed by atoms with Crippen molar-refractivity contribution in [2.45, 2.75) is 57.4 Å². The minimum atomic E-state index is -0.139. The number of aromatic nitrogens is 2. The number of imidazole rings is 1. The summed E-state index contributed by atoms with van der Waals surface area (Å²) >= 11 is 0. The van der Waals surface area contributed by atoms with Gasteiger partial charge in [-0.3, -0.25) is 14.7 Å². The van der Waals surface area contributed by atoms with Crippen LogP contribution in [0.3, 0.4) is 0 Å². The third kappa shape index (κ3) is 2.31. The van der Waals surface area contributed by atoms with Gasteiger partial charge in [-0.2, -0.15) is 0 Å². The second-order valence-corrected chi connectivity index (χ2v) is 6.98. The van der Waals surface area contributed by atoms with Crippen LogP contribution in [0.1, 0.15) is 62.9 Å². The fourth-order valence-electron chi connectivity index (χ4n) is 4.21. The first-order valence-corrected chi connectivity index (χ1v) is 8.92. The lowest BCUT2D eigenvalue weighted by Gasteiger charge is -2.29. The van der Waals surface area contributed by atoms with Gasteiger partial charge in [-0.15, -0.1) is 0 Å². The number of anilines is 1. The lowest BCUT2D eigenvalue weighted by atomic mass is 9.92. The molecule has 1 saturated carbocycles. The summed E-state index contributed by atoms with van der Waals surface area (Å²) in [6.07, 6.45) is 6.59. The van der Waals surface area contributed by atoms with Crippen molar-refractivity contribution in [3.8, 4) is 0 Å². The summed E-state index contributed by atoms with van der Waals surface area (Å²) in [6, 6.07) is 0.0617. The number of nitrogens with zero attached hydrogens (tertiary/aromatic N) is 3. The van der Waals surface area contributed by atoms with Crippen LogP contribution in [0.2, 0.25) is 0 Å². The third-order valence-electron chi connectivity index (χ3n) is 5.40. The van der Waals surface area contributed by atoms with E-state index in [1.54, 1.807) is 0 Å². The van der Waals surface area contributed by atoms with Crippen LogP contribution in [0.15, 0.2) is 4.99 Å². The molecule has 3 N–H and O–H groups in total. The van der Waals surface area contributed by atoms with Crippen molar-refractivity contribution in [2.24, 2.45) is 16.6 Å². The highest BCUT2D eigenvalue weighted by atomic mass is 16.2. The fourth-order valence-corrected chi connectivity index (χ4v) is 4.21. The van der Waals surface area contributed by atoms with Crippen LogP contribution in [-0.2, 0) is 4.79 Å². The monoisotopic (exact) mass is 315 g/mol. The number of hydrogen-bond donors (Lipinski definition) is 2.